The summed E-state index contributed by atoms with van der Waals surface area (Å²) in [6.07, 6.45) is 7.23. The minimum atomic E-state index is -0.325. The van der Waals surface area contributed by atoms with Crippen molar-refractivity contribution in [3.63, 3.8) is 0 Å². The Hall–Kier alpha value is -1.58. The summed E-state index contributed by atoms with van der Waals surface area (Å²) in [6.45, 7) is 7.92. The van der Waals surface area contributed by atoms with E-state index in [1.54, 1.807) is 0 Å². The van der Waals surface area contributed by atoms with Gasteiger partial charge in [-0.15, -0.1) is 0 Å². The van der Waals surface area contributed by atoms with Gasteiger partial charge in [-0.3, -0.25) is 0 Å². The van der Waals surface area contributed by atoms with E-state index >= 15 is 0 Å². The van der Waals surface area contributed by atoms with Crippen LogP contribution in [0.5, 0.6) is 0 Å². The van der Waals surface area contributed by atoms with Gasteiger partial charge >= 0.3 is 11.9 Å². The largest absolute Gasteiger partial charge is 0.462 e. The highest BCUT2D eigenvalue weighted by Gasteiger charge is 2.55. The first-order valence-corrected chi connectivity index (χ1v) is 8.20. The predicted octanol–water partition coefficient (Wildman–Crippen LogP) is 2.74. The zero-order valence-corrected chi connectivity index (χ0v) is 12.9. The number of carbonyl (C=O) groups is 2. The Bertz CT molecular complexity index is 483. The Morgan fingerprint density at radius 3 is 2.18 bits per heavy atom. The van der Waals surface area contributed by atoms with Crippen LogP contribution in [0.25, 0.3) is 0 Å². The second-order valence-electron chi connectivity index (χ2n) is 6.99. The number of ether oxygens (including phenoxy) is 2. The van der Waals surface area contributed by atoms with Crippen LogP contribution in [0.4, 0.5) is 0 Å². The molecule has 3 aliphatic rings. The van der Waals surface area contributed by atoms with Gasteiger partial charge in [0, 0.05) is 12.2 Å². The summed E-state index contributed by atoms with van der Waals surface area (Å²) in [7, 11) is 0. The van der Waals surface area contributed by atoms with Gasteiger partial charge in [0.15, 0.2) is 0 Å². The van der Waals surface area contributed by atoms with Gasteiger partial charge in [0.25, 0.3) is 0 Å². The summed E-state index contributed by atoms with van der Waals surface area (Å²) >= 11 is 0. The summed E-state index contributed by atoms with van der Waals surface area (Å²) in [5.74, 6) is 3.29. The molecule has 3 rings (SSSR count). The van der Waals surface area contributed by atoms with Gasteiger partial charge in [0.1, 0.15) is 0 Å². The smallest absolute Gasteiger partial charge is 0.330 e. The third-order valence-electron chi connectivity index (χ3n) is 5.94. The molecule has 4 nitrogen and oxygen atoms in total. The molecule has 120 valence electrons. The second-order valence-corrected chi connectivity index (χ2v) is 6.99. The molecule has 0 aromatic heterocycles. The maximum atomic E-state index is 11.2. The highest BCUT2D eigenvalue weighted by Crippen LogP contribution is 2.62. The molecule has 0 amide bonds. The molecule has 2 unspecified atom stereocenters. The number of esters is 2. The van der Waals surface area contributed by atoms with E-state index < -0.39 is 0 Å². The number of hydrogen-bond acceptors (Lipinski definition) is 4. The van der Waals surface area contributed by atoms with Crippen molar-refractivity contribution in [1.29, 1.82) is 0 Å². The summed E-state index contributed by atoms with van der Waals surface area (Å²) in [6, 6.07) is 0. The lowest BCUT2D eigenvalue weighted by atomic mass is 9.76. The summed E-state index contributed by atoms with van der Waals surface area (Å²) in [5.41, 5.74) is 0. The number of hydrogen-bond donors (Lipinski definition) is 0. The van der Waals surface area contributed by atoms with Crippen molar-refractivity contribution in [2.24, 2.45) is 35.5 Å². The minimum Gasteiger partial charge on any atom is -0.462 e. The number of carbonyl (C=O) groups excluding carboxylic acids is 2. The Labute approximate surface area is 131 Å². The molecule has 0 aromatic carbocycles. The van der Waals surface area contributed by atoms with Gasteiger partial charge in [-0.25, -0.2) is 9.59 Å². The van der Waals surface area contributed by atoms with Crippen LogP contribution in [0, 0.1) is 35.5 Å². The van der Waals surface area contributed by atoms with Crippen LogP contribution >= 0.6 is 0 Å². The van der Waals surface area contributed by atoms with E-state index in [4.69, 9.17) is 9.47 Å². The zero-order valence-electron chi connectivity index (χ0n) is 12.9. The van der Waals surface area contributed by atoms with Crippen molar-refractivity contribution >= 4 is 11.9 Å². The molecule has 4 heteroatoms. The Balaban J connectivity index is 1.51. The molecule has 6 atom stereocenters. The molecule has 0 saturated heterocycles. The van der Waals surface area contributed by atoms with E-state index in [9.17, 15) is 9.59 Å². The van der Waals surface area contributed by atoms with Crippen LogP contribution < -0.4 is 0 Å². The first-order chi connectivity index (χ1) is 10.6. The quantitative estimate of drug-likeness (QED) is 0.559. The van der Waals surface area contributed by atoms with Crippen LogP contribution in [0.1, 0.15) is 25.7 Å². The molecule has 0 spiro atoms. The average Bonchev–Trinajstić information content (AvgIpc) is 3.20. The van der Waals surface area contributed by atoms with E-state index in [-0.39, 0.29) is 11.9 Å². The van der Waals surface area contributed by atoms with Crippen molar-refractivity contribution in [2.75, 3.05) is 13.2 Å². The van der Waals surface area contributed by atoms with Gasteiger partial charge in [-0.1, -0.05) is 13.2 Å². The predicted molar refractivity (Wildman–Crippen MR) is 81.7 cm³/mol. The lowest BCUT2D eigenvalue weighted by Gasteiger charge is -2.31. The maximum Gasteiger partial charge on any atom is 0.330 e. The van der Waals surface area contributed by atoms with Crippen molar-refractivity contribution < 1.29 is 19.1 Å². The summed E-state index contributed by atoms with van der Waals surface area (Å²) < 4.78 is 10.5. The van der Waals surface area contributed by atoms with Crippen LogP contribution in [-0.4, -0.2) is 25.2 Å². The van der Waals surface area contributed by atoms with E-state index in [0.717, 1.165) is 24.2 Å². The fourth-order valence-corrected chi connectivity index (χ4v) is 5.16. The molecule has 0 aromatic rings. The molecular formula is C18H24O4. The molecule has 2 bridgehead atoms. The van der Waals surface area contributed by atoms with Crippen LogP contribution in [0.15, 0.2) is 25.3 Å². The van der Waals surface area contributed by atoms with Gasteiger partial charge < -0.3 is 9.47 Å². The van der Waals surface area contributed by atoms with E-state index in [2.05, 4.69) is 13.2 Å². The van der Waals surface area contributed by atoms with E-state index in [1.807, 2.05) is 0 Å². The van der Waals surface area contributed by atoms with Crippen molar-refractivity contribution in [2.45, 2.75) is 25.7 Å². The van der Waals surface area contributed by atoms with E-state index in [1.165, 1.54) is 31.4 Å². The highest BCUT2D eigenvalue weighted by atomic mass is 16.5. The normalized spacial score (nSPS) is 38.4. The number of rotatable bonds is 6. The Kier molecular flexibility index (Phi) is 4.37. The summed E-state index contributed by atoms with van der Waals surface area (Å²) in [5, 5.41) is 0. The Morgan fingerprint density at radius 2 is 1.50 bits per heavy atom. The molecular weight excluding hydrogens is 280 g/mol. The van der Waals surface area contributed by atoms with Crippen LogP contribution in [0.2, 0.25) is 0 Å². The SMILES string of the molecule is C=CC(=O)OC[C@@H]1CC2C3C[C@H](COC(=O)C=C)[C@@H](C3)[C@@H]2C1. The van der Waals surface area contributed by atoms with Gasteiger partial charge in [-0.05, 0) is 61.2 Å². The molecule has 0 heterocycles. The monoisotopic (exact) mass is 304 g/mol. The van der Waals surface area contributed by atoms with Crippen molar-refractivity contribution in [3.8, 4) is 0 Å². The lowest BCUT2D eigenvalue weighted by Crippen LogP contribution is -2.28. The fraction of sp³-hybridized carbons (Fsp3) is 0.667. The molecule has 0 radical (unpaired) electrons. The third-order valence-corrected chi connectivity index (χ3v) is 5.94. The lowest BCUT2D eigenvalue weighted by molar-refractivity contribution is -0.140. The zero-order chi connectivity index (χ0) is 15.7. The second kappa shape index (κ2) is 6.27. The van der Waals surface area contributed by atoms with Crippen LogP contribution in [-0.2, 0) is 19.1 Å². The summed E-state index contributed by atoms with van der Waals surface area (Å²) in [4.78, 5) is 22.4. The van der Waals surface area contributed by atoms with Crippen LogP contribution in [0.3, 0.4) is 0 Å². The fourth-order valence-electron chi connectivity index (χ4n) is 5.16. The Morgan fingerprint density at radius 1 is 0.864 bits per heavy atom. The average molecular weight is 304 g/mol. The first kappa shape index (κ1) is 15.3. The minimum absolute atomic E-state index is 0.319. The first-order valence-electron chi connectivity index (χ1n) is 8.20. The molecule has 3 saturated carbocycles. The van der Waals surface area contributed by atoms with Crippen molar-refractivity contribution in [1.82, 2.24) is 0 Å². The molecule has 3 aliphatic carbocycles. The highest BCUT2D eigenvalue weighted by molar-refractivity contribution is 5.81. The molecule has 3 fully saturated rings. The van der Waals surface area contributed by atoms with Gasteiger partial charge in [-0.2, -0.15) is 0 Å². The van der Waals surface area contributed by atoms with Crippen molar-refractivity contribution in [3.05, 3.63) is 25.3 Å². The molecule has 0 N–H and O–H groups in total. The molecule has 0 aliphatic heterocycles. The number of fused-ring (bicyclic) bond motifs is 5. The standard InChI is InChI=1S/C18H24O4/c1-3-17(19)21-9-11-5-14-12-7-13(10-22-18(20)4-2)15(8-12)16(14)6-11/h3-4,11-16H,1-2,5-10H2/t11-,12?,13-,14?,15-,16-/m1/s1. The van der Waals surface area contributed by atoms with Gasteiger partial charge in [0.2, 0.25) is 0 Å². The van der Waals surface area contributed by atoms with E-state index in [0.29, 0.717) is 31.0 Å². The molecule has 22 heavy (non-hydrogen) atoms. The third kappa shape index (κ3) is 2.83. The maximum absolute atomic E-state index is 11.2. The van der Waals surface area contributed by atoms with Gasteiger partial charge in [0.05, 0.1) is 13.2 Å². The topological polar surface area (TPSA) is 52.6 Å².